The maximum atomic E-state index is 3.76. The third-order valence-corrected chi connectivity index (χ3v) is 5.08. The van der Waals surface area contributed by atoms with Crippen LogP contribution in [-0.4, -0.2) is 35.6 Å². The van der Waals surface area contributed by atoms with Crippen molar-refractivity contribution in [1.29, 1.82) is 0 Å². The molecule has 1 unspecified atom stereocenters. The van der Waals surface area contributed by atoms with E-state index < -0.39 is 0 Å². The SMILES string of the molecule is CCC(C)(C)NCC(C)N(CCC(C)C)C1CCCC1. The lowest BCUT2D eigenvalue weighted by molar-refractivity contribution is 0.128. The number of rotatable bonds is 9. The smallest absolute Gasteiger partial charge is 0.0195 e. The number of nitrogens with zero attached hydrogens (tertiary/aromatic N) is 1. The van der Waals surface area contributed by atoms with Crippen LogP contribution in [0.2, 0.25) is 0 Å². The van der Waals surface area contributed by atoms with Gasteiger partial charge in [0.05, 0.1) is 0 Å². The Hall–Kier alpha value is -0.0800. The molecule has 0 saturated heterocycles. The third kappa shape index (κ3) is 6.13. The van der Waals surface area contributed by atoms with Crippen molar-refractivity contribution in [2.75, 3.05) is 13.1 Å². The van der Waals surface area contributed by atoms with Crippen LogP contribution in [0.1, 0.15) is 80.1 Å². The Balaban J connectivity index is 2.52. The van der Waals surface area contributed by atoms with E-state index in [9.17, 15) is 0 Å². The van der Waals surface area contributed by atoms with Gasteiger partial charge in [0, 0.05) is 24.2 Å². The van der Waals surface area contributed by atoms with E-state index in [4.69, 9.17) is 0 Å². The quantitative estimate of drug-likeness (QED) is 0.672. The number of hydrogen-bond acceptors (Lipinski definition) is 2. The predicted molar refractivity (Wildman–Crippen MR) is 90.3 cm³/mol. The average Bonchev–Trinajstić information content (AvgIpc) is 2.90. The molecule has 1 fully saturated rings. The third-order valence-electron chi connectivity index (χ3n) is 5.08. The summed E-state index contributed by atoms with van der Waals surface area (Å²) in [7, 11) is 0. The summed E-state index contributed by atoms with van der Waals surface area (Å²) in [6.07, 6.45) is 8.22. The van der Waals surface area contributed by atoms with Crippen molar-refractivity contribution < 1.29 is 0 Å². The lowest BCUT2D eigenvalue weighted by Gasteiger charge is -2.37. The molecule has 0 amide bonds. The topological polar surface area (TPSA) is 15.3 Å². The van der Waals surface area contributed by atoms with E-state index in [1.54, 1.807) is 0 Å². The molecule has 1 N–H and O–H groups in total. The van der Waals surface area contributed by atoms with Crippen LogP contribution < -0.4 is 5.32 Å². The summed E-state index contributed by atoms with van der Waals surface area (Å²) < 4.78 is 0. The molecular weight excluding hydrogens is 244 g/mol. The highest BCUT2D eigenvalue weighted by molar-refractivity contribution is 4.84. The van der Waals surface area contributed by atoms with Gasteiger partial charge in [-0.15, -0.1) is 0 Å². The molecule has 1 saturated carbocycles. The van der Waals surface area contributed by atoms with E-state index in [1.807, 2.05) is 0 Å². The molecule has 1 aliphatic carbocycles. The van der Waals surface area contributed by atoms with Crippen molar-refractivity contribution in [3.8, 4) is 0 Å². The van der Waals surface area contributed by atoms with Gasteiger partial charge in [0.1, 0.15) is 0 Å². The Morgan fingerprint density at radius 1 is 1.15 bits per heavy atom. The van der Waals surface area contributed by atoms with E-state index in [-0.39, 0.29) is 5.54 Å². The molecule has 1 atom stereocenters. The van der Waals surface area contributed by atoms with Gasteiger partial charge in [0.25, 0.3) is 0 Å². The van der Waals surface area contributed by atoms with Crippen molar-refractivity contribution >= 4 is 0 Å². The van der Waals surface area contributed by atoms with Crippen LogP contribution >= 0.6 is 0 Å². The number of hydrogen-bond donors (Lipinski definition) is 1. The van der Waals surface area contributed by atoms with Crippen LogP contribution in [0, 0.1) is 5.92 Å². The van der Waals surface area contributed by atoms with E-state index in [2.05, 4.69) is 51.8 Å². The van der Waals surface area contributed by atoms with Crippen molar-refractivity contribution in [2.24, 2.45) is 5.92 Å². The average molecular weight is 283 g/mol. The zero-order valence-electron chi connectivity index (χ0n) is 14.8. The highest BCUT2D eigenvalue weighted by atomic mass is 15.2. The largest absolute Gasteiger partial charge is 0.310 e. The lowest BCUT2D eigenvalue weighted by Crippen LogP contribution is -2.50. The molecule has 0 aromatic carbocycles. The summed E-state index contributed by atoms with van der Waals surface area (Å²) in [5.41, 5.74) is 0.271. The minimum absolute atomic E-state index is 0.271. The molecule has 2 nitrogen and oxygen atoms in total. The van der Waals surface area contributed by atoms with Crippen molar-refractivity contribution in [1.82, 2.24) is 10.2 Å². The van der Waals surface area contributed by atoms with Crippen LogP contribution in [0.3, 0.4) is 0 Å². The zero-order valence-corrected chi connectivity index (χ0v) is 14.8. The first kappa shape index (κ1) is 18.0. The Kier molecular flexibility index (Phi) is 7.53. The zero-order chi connectivity index (χ0) is 15.2. The number of nitrogens with one attached hydrogen (secondary N) is 1. The Morgan fingerprint density at radius 3 is 2.25 bits per heavy atom. The summed E-state index contributed by atoms with van der Waals surface area (Å²) in [6.45, 7) is 16.4. The second-order valence-corrected chi connectivity index (χ2v) is 7.83. The minimum Gasteiger partial charge on any atom is -0.310 e. The molecule has 2 heteroatoms. The standard InChI is InChI=1S/C18H38N2/c1-7-18(5,6)19-14-16(4)20(13-12-15(2)3)17-10-8-9-11-17/h15-17,19H,7-14H2,1-6H3. The van der Waals surface area contributed by atoms with Crippen molar-refractivity contribution in [3.63, 3.8) is 0 Å². The van der Waals surface area contributed by atoms with E-state index in [1.165, 1.54) is 45.1 Å². The van der Waals surface area contributed by atoms with Gasteiger partial charge in [-0.1, -0.05) is 33.6 Å². The maximum Gasteiger partial charge on any atom is 0.0195 e. The molecule has 120 valence electrons. The second kappa shape index (κ2) is 8.38. The van der Waals surface area contributed by atoms with Crippen LogP contribution in [0.25, 0.3) is 0 Å². The normalized spacial score (nSPS) is 19.2. The van der Waals surface area contributed by atoms with E-state index >= 15 is 0 Å². The molecule has 0 aromatic heterocycles. The Bertz CT molecular complexity index is 254. The van der Waals surface area contributed by atoms with Gasteiger partial charge < -0.3 is 5.32 Å². The molecule has 0 radical (unpaired) electrons. The van der Waals surface area contributed by atoms with E-state index in [0.29, 0.717) is 6.04 Å². The molecule has 1 aliphatic rings. The molecular formula is C18H38N2. The molecule has 0 heterocycles. The van der Waals surface area contributed by atoms with Crippen LogP contribution in [0.4, 0.5) is 0 Å². The van der Waals surface area contributed by atoms with Gasteiger partial charge in [-0.3, -0.25) is 4.90 Å². The molecule has 0 aliphatic heterocycles. The fourth-order valence-electron chi connectivity index (χ4n) is 3.07. The van der Waals surface area contributed by atoms with Crippen LogP contribution in [0.5, 0.6) is 0 Å². The second-order valence-electron chi connectivity index (χ2n) is 7.83. The monoisotopic (exact) mass is 282 g/mol. The fraction of sp³-hybridized carbons (Fsp3) is 1.00. The Morgan fingerprint density at radius 2 is 1.75 bits per heavy atom. The fourth-order valence-corrected chi connectivity index (χ4v) is 3.07. The summed E-state index contributed by atoms with van der Waals surface area (Å²) >= 11 is 0. The first-order chi connectivity index (χ1) is 9.35. The first-order valence-electron chi connectivity index (χ1n) is 8.86. The highest BCUT2D eigenvalue weighted by Gasteiger charge is 2.27. The van der Waals surface area contributed by atoms with Gasteiger partial charge >= 0.3 is 0 Å². The first-order valence-corrected chi connectivity index (χ1v) is 8.86. The molecule has 0 aromatic rings. The van der Waals surface area contributed by atoms with Crippen molar-refractivity contribution in [2.45, 2.75) is 97.7 Å². The van der Waals surface area contributed by atoms with Crippen LogP contribution in [-0.2, 0) is 0 Å². The van der Waals surface area contributed by atoms with E-state index in [0.717, 1.165) is 18.5 Å². The predicted octanol–water partition coefficient (Wildman–Crippen LogP) is 4.44. The lowest BCUT2D eigenvalue weighted by atomic mass is 10.0. The summed E-state index contributed by atoms with van der Waals surface area (Å²) in [4.78, 5) is 2.80. The summed E-state index contributed by atoms with van der Waals surface area (Å²) in [5.74, 6) is 0.811. The molecule has 0 bridgehead atoms. The summed E-state index contributed by atoms with van der Waals surface area (Å²) in [6, 6.07) is 1.50. The molecule has 1 rings (SSSR count). The van der Waals surface area contributed by atoms with Crippen LogP contribution in [0.15, 0.2) is 0 Å². The minimum atomic E-state index is 0.271. The van der Waals surface area contributed by atoms with Gasteiger partial charge in [-0.05, 0) is 58.9 Å². The highest BCUT2D eigenvalue weighted by Crippen LogP contribution is 2.26. The van der Waals surface area contributed by atoms with Gasteiger partial charge in [0.2, 0.25) is 0 Å². The summed E-state index contributed by atoms with van der Waals surface area (Å²) in [5, 5.41) is 3.76. The van der Waals surface area contributed by atoms with Crippen molar-refractivity contribution in [3.05, 3.63) is 0 Å². The molecule has 0 spiro atoms. The molecule has 20 heavy (non-hydrogen) atoms. The van der Waals surface area contributed by atoms with Gasteiger partial charge in [0.15, 0.2) is 0 Å². The van der Waals surface area contributed by atoms with Gasteiger partial charge in [-0.2, -0.15) is 0 Å². The Labute approximate surface area is 127 Å². The maximum absolute atomic E-state index is 3.76. The van der Waals surface area contributed by atoms with Gasteiger partial charge in [-0.25, -0.2) is 0 Å².